The van der Waals surface area contributed by atoms with Crippen molar-refractivity contribution in [3.8, 4) is 0 Å². The van der Waals surface area contributed by atoms with Gasteiger partial charge in [0.15, 0.2) is 0 Å². The molecule has 6 nitrogen and oxygen atoms in total. The van der Waals surface area contributed by atoms with Crippen molar-refractivity contribution in [1.82, 2.24) is 10.6 Å². The summed E-state index contributed by atoms with van der Waals surface area (Å²) in [5.74, 6) is -0.368. The third-order valence-electron chi connectivity index (χ3n) is 4.87. The van der Waals surface area contributed by atoms with E-state index in [0.717, 1.165) is 25.7 Å². The van der Waals surface area contributed by atoms with Gasteiger partial charge >= 0.3 is 12.1 Å². The van der Waals surface area contributed by atoms with Crippen LogP contribution in [0.25, 0.3) is 0 Å². The third-order valence-corrected chi connectivity index (χ3v) is 4.87. The second-order valence-corrected chi connectivity index (χ2v) is 7.16. The van der Waals surface area contributed by atoms with E-state index in [2.05, 4.69) is 16.0 Å². The number of nitrogens with one attached hydrogen (secondary N) is 3. The molecule has 2 aromatic rings. The van der Waals surface area contributed by atoms with Crippen molar-refractivity contribution >= 4 is 17.8 Å². The summed E-state index contributed by atoms with van der Waals surface area (Å²) in [6, 6.07) is 15.2. The Morgan fingerprint density at radius 1 is 1.03 bits per heavy atom. The highest BCUT2D eigenvalue weighted by Crippen LogP contribution is 2.22. The molecule has 2 aromatic carbocycles. The molecular weight excluding hydrogens is 373 g/mol. The Bertz CT molecular complexity index is 799. The Kier molecular flexibility index (Phi) is 7.44. The summed E-state index contributed by atoms with van der Waals surface area (Å²) in [5, 5.41) is 8.42. The zero-order valence-corrected chi connectivity index (χ0v) is 16.2. The monoisotopic (exact) mass is 399 g/mol. The van der Waals surface area contributed by atoms with Gasteiger partial charge in [-0.1, -0.05) is 30.3 Å². The molecule has 3 amide bonds. The Morgan fingerprint density at radius 2 is 1.79 bits per heavy atom. The molecule has 1 fully saturated rings. The van der Waals surface area contributed by atoms with E-state index in [0.29, 0.717) is 18.7 Å². The van der Waals surface area contributed by atoms with Crippen LogP contribution in [-0.4, -0.2) is 30.8 Å². The number of urea groups is 1. The van der Waals surface area contributed by atoms with Crippen LogP contribution in [0.1, 0.15) is 31.2 Å². The van der Waals surface area contributed by atoms with Crippen LogP contribution in [0, 0.1) is 5.82 Å². The highest BCUT2D eigenvalue weighted by atomic mass is 19.1. The van der Waals surface area contributed by atoms with Gasteiger partial charge in [0.2, 0.25) is 0 Å². The number of hydrogen-bond donors (Lipinski definition) is 3. The molecule has 1 saturated carbocycles. The van der Waals surface area contributed by atoms with E-state index < -0.39 is 6.09 Å². The van der Waals surface area contributed by atoms with Crippen molar-refractivity contribution in [2.75, 3.05) is 11.9 Å². The fraction of sp³-hybridized carbons (Fsp3) is 0.364. The number of benzene rings is 2. The van der Waals surface area contributed by atoms with E-state index in [-0.39, 0.29) is 24.0 Å². The molecular formula is C22H26FN3O3. The standard InChI is InChI=1S/C22H26FN3O3/c23-17-9-11-18(12-10-17)26-22(28)29-20-8-4-7-19(15-20)25-21(27)24-14-13-16-5-2-1-3-6-16/h1-3,5-6,9-12,19-20H,4,7-8,13-15H2,(H,26,28)(H2,24,25,27). The molecule has 0 bridgehead atoms. The van der Waals surface area contributed by atoms with E-state index >= 15 is 0 Å². The van der Waals surface area contributed by atoms with Crippen molar-refractivity contribution in [1.29, 1.82) is 0 Å². The first-order valence-electron chi connectivity index (χ1n) is 9.90. The van der Waals surface area contributed by atoms with Crippen LogP contribution < -0.4 is 16.0 Å². The van der Waals surface area contributed by atoms with E-state index in [1.54, 1.807) is 0 Å². The molecule has 2 atom stereocenters. The molecule has 0 saturated heterocycles. The molecule has 7 heteroatoms. The highest BCUT2D eigenvalue weighted by molar-refractivity contribution is 5.84. The molecule has 0 radical (unpaired) electrons. The van der Waals surface area contributed by atoms with Gasteiger partial charge in [0.05, 0.1) is 0 Å². The summed E-state index contributed by atoms with van der Waals surface area (Å²) in [5.41, 5.74) is 1.64. The van der Waals surface area contributed by atoms with Crippen molar-refractivity contribution in [2.45, 2.75) is 44.2 Å². The van der Waals surface area contributed by atoms with Crippen molar-refractivity contribution in [3.05, 3.63) is 66.0 Å². The number of amides is 3. The fourth-order valence-electron chi connectivity index (χ4n) is 3.42. The SMILES string of the molecule is O=C(NCCc1ccccc1)NC1CCCC(OC(=O)Nc2ccc(F)cc2)C1. The minimum Gasteiger partial charge on any atom is -0.446 e. The first-order valence-corrected chi connectivity index (χ1v) is 9.90. The number of rotatable bonds is 6. The van der Waals surface area contributed by atoms with E-state index in [4.69, 9.17) is 4.74 Å². The lowest BCUT2D eigenvalue weighted by molar-refractivity contribution is 0.0776. The topological polar surface area (TPSA) is 79.5 Å². The van der Waals surface area contributed by atoms with Gasteiger partial charge in [-0.25, -0.2) is 14.0 Å². The molecule has 3 rings (SSSR count). The van der Waals surface area contributed by atoms with Crippen LogP contribution >= 0.6 is 0 Å². The Morgan fingerprint density at radius 3 is 2.55 bits per heavy atom. The lowest BCUT2D eigenvalue weighted by atomic mass is 9.93. The van der Waals surface area contributed by atoms with E-state index in [1.165, 1.54) is 29.8 Å². The number of carbonyl (C=O) groups is 2. The number of anilines is 1. The predicted octanol–water partition coefficient (Wildman–Crippen LogP) is 4.23. The quantitative estimate of drug-likeness (QED) is 0.680. The maximum atomic E-state index is 12.9. The van der Waals surface area contributed by atoms with Gasteiger partial charge in [-0.2, -0.15) is 0 Å². The van der Waals surface area contributed by atoms with Crippen molar-refractivity contribution in [3.63, 3.8) is 0 Å². The normalized spacial score (nSPS) is 18.5. The van der Waals surface area contributed by atoms with Gasteiger partial charge < -0.3 is 15.4 Å². The van der Waals surface area contributed by atoms with Gasteiger partial charge in [0, 0.05) is 24.7 Å². The van der Waals surface area contributed by atoms with Gasteiger partial charge in [0.25, 0.3) is 0 Å². The highest BCUT2D eigenvalue weighted by Gasteiger charge is 2.26. The molecule has 154 valence electrons. The molecule has 0 spiro atoms. The summed E-state index contributed by atoms with van der Waals surface area (Å²) in [7, 11) is 0. The first kappa shape index (κ1) is 20.6. The molecule has 29 heavy (non-hydrogen) atoms. The molecule has 0 aromatic heterocycles. The van der Waals surface area contributed by atoms with Crippen LogP contribution in [0.4, 0.5) is 19.7 Å². The second-order valence-electron chi connectivity index (χ2n) is 7.16. The van der Waals surface area contributed by atoms with Crippen molar-refractivity contribution < 1.29 is 18.7 Å². The predicted molar refractivity (Wildman–Crippen MR) is 109 cm³/mol. The lowest BCUT2D eigenvalue weighted by Crippen LogP contribution is -2.46. The first-order chi connectivity index (χ1) is 14.1. The van der Waals surface area contributed by atoms with Gasteiger partial charge in [0.1, 0.15) is 11.9 Å². The van der Waals surface area contributed by atoms with Crippen LogP contribution in [0.5, 0.6) is 0 Å². The van der Waals surface area contributed by atoms with Crippen LogP contribution in [0.15, 0.2) is 54.6 Å². The van der Waals surface area contributed by atoms with Crippen LogP contribution in [-0.2, 0) is 11.2 Å². The summed E-state index contributed by atoms with van der Waals surface area (Å²) in [6.07, 6.45) is 2.98. The Hall–Kier alpha value is -3.09. The number of hydrogen-bond acceptors (Lipinski definition) is 3. The van der Waals surface area contributed by atoms with E-state index in [9.17, 15) is 14.0 Å². The maximum absolute atomic E-state index is 12.9. The molecule has 1 aliphatic rings. The van der Waals surface area contributed by atoms with E-state index in [1.807, 2.05) is 30.3 Å². The third kappa shape index (κ3) is 7.10. The average Bonchev–Trinajstić information content (AvgIpc) is 2.71. The largest absolute Gasteiger partial charge is 0.446 e. The maximum Gasteiger partial charge on any atom is 0.411 e. The summed E-state index contributed by atoms with van der Waals surface area (Å²) >= 11 is 0. The molecule has 0 aliphatic heterocycles. The lowest BCUT2D eigenvalue weighted by Gasteiger charge is -2.29. The van der Waals surface area contributed by atoms with Crippen LogP contribution in [0.3, 0.4) is 0 Å². The average molecular weight is 399 g/mol. The van der Waals surface area contributed by atoms with Gasteiger partial charge in [-0.3, -0.25) is 5.32 Å². The second kappa shape index (κ2) is 10.5. The zero-order valence-electron chi connectivity index (χ0n) is 16.2. The number of halogens is 1. The Balaban J connectivity index is 1.37. The minimum atomic E-state index is -0.574. The zero-order chi connectivity index (χ0) is 20.5. The van der Waals surface area contributed by atoms with Crippen molar-refractivity contribution in [2.24, 2.45) is 0 Å². The minimum absolute atomic E-state index is 0.0379. The van der Waals surface area contributed by atoms with Gasteiger partial charge in [-0.05, 0) is 55.5 Å². The summed E-state index contributed by atoms with van der Waals surface area (Å²) < 4.78 is 18.4. The summed E-state index contributed by atoms with van der Waals surface area (Å²) in [4.78, 5) is 24.2. The summed E-state index contributed by atoms with van der Waals surface area (Å²) in [6.45, 7) is 0.558. The molecule has 2 unspecified atom stereocenters. The molecule has 0 heterocycles. The number of carbonyl (C=O) groups excluding carboxylic acids is 2. The van der Waals surface area contributed by atoms with Crippen LogP contribution in [0.2, 0.25) is 0 Å². The fourth-order valence-corrected chi connectivity index (χ4v) is 3.42. The smallest absolute Gasteiger partial charge is 0.411 e. The molecule has 1 aliphatic carbocycles. The Labute approximate surface area is 169 Å². The van der Waals surface area contributed by atoms with Gasteiger partial charge in [-0.15, -0.1) is 0 Å². The number of ether oxygens (including phenoxy) is 1. The molecule has 3 N–H and O–H groups in total.